The molecule has 2 saturated carbocycles. The highest BCUT2D eigenvalue weighted by Gasteiger charge is 2.39. The van der Waals surface area contributed by atoms with Gasteiger partial charge in [0.05, 0.1) is 6.61 Å². The maximum Gasteiger partial charge on any atom is 0.124 e. The first kappa shape index (κ1) is 13.3. The van der Waals surface area contributed by atoms with Crippen LogP contribution in [-0.2, 0) is 0 Å². The quantitative estimate of drug-likeness (QED) is 0.897. The van der Waals surface area contributed by atoms with Gasteiger partial charge in [0, 0.05) is 16.6 Å². The maximum absolute atomic E-state index is 6.05. The molecule has 2 aliphatic carbocycles. The van der Waals surface area contributed by atoms with Gasteiger partial charge >= 0.3 is 0 Å². The lowest BCUT2D eigenvalue weighted by Crippen LogP contribution is -2.19. The van der Waals surface area contributed by atoms with Crippen molar-refractivity contribution >= 4 is 11.6 Å². The van der Waals surface area contributed by atoms with E-state index in [4.69, 9.17) is 22.1 Å². The minimum Gasteiger partial charge on any atom is -0.493 e. The van der Waals surface area contributed by atoms with E-state index in [1.165, 1.54) is 25.7 Å². The van der Waals surface area contributed by atoms with Crippen LogP contribution in [0.25, 0.3) is 0 Å². The summed E-state index contributed by atoms with van der Waals surface area (Å²) >= 11 is 6.03. The fourth-order valence-corrected chi connectivity index (χ4v) is 3.96. The highest BCUT2D eigenvalue weighted by Crippen LogP contribution is 2.48. The fourth-order valence-electron chi connectivity index (χ4n) is 3.78. The monoisotopic (exact) mass is 279 g/mol. The Balaban J connectivity index is 1.66. The number of nitrogens with two attached hydrogens (primary N) is 1. The van der Waals surface area contributed by atoms with Crippen LogP contribution < -0.4 is 10.5 Å². The molecule has 1 aromatic carbocycles. The molecular formula is C16H22ClNO. The Morgan fingerprint density at radius 3 is 2.84 bits per heavy atom. The zero-order chi connectivity index (χ0) is 13.4. The summed E-state index contributed by atoms with van der Waals surface area (Å²) in [5.74, 6) is 3.52. The Morgan fingerprint density at radius 2 is 2.21 bits per heavy atom. The molecule has 2 fully saturated rings. The summed E-state index contributed by atoms with van der Waals surface area (Å²) in [6.45, 7) is 2.80. The minimum absolute atomic E-state index is 0.0475. The van der Waals surface area contributed by atoms with Gasteiger partial charge in [-0.2, -0.15) is 0 Å². The lowest BCUT2D eigenvalue weighted by Gasteiger charge is -2.23. The highest BCUT2D eigenvalue weighted by molar-refractivity contribution is 6.30. The molecule has 0 saturated heterocycles. The standard InChI is InChI=1S/C16H22ClNO/c1-10(18)15-8-14(17)4-5-16(15)19-9-13-7-11-2-3-12(13)6-11/h4-5,8,10-13H,2-3,6-7,9,18H2,1H3/t10-,11?,12?,13?/m1/s1. The average Bonchev–Trinajstić information content (AvgIpc) is 2.99. The number of fused-ring (bicyclic) bond motifs is 2. The molecule has 3 rings (SSSR count). The molecule has 0 aromatic heterocycles. The van der Waals surface area contributed by atoms with Gasteiger partial charge in [-0.3, -0.25) is 0 Å². The van der Waals surface area contributed by atoms with E-state index in [1.807, 2.05) is 25.1 Å². The van der Waals surface area contributed by atoms with E-state index in [0.717, 1.165) is 40.7 Å². The van der Waals surface area contributed by atoms with E-state index in [2.05, 4.69) is 0 Å². The SMILES string of the molecule is C[C@@H](N)c1cc(Cl)ccc1OCC1CC2CCC1C2. The molecule has 0 amide bonds. The smallest absolute Gasteiger partial charge is 0.124 e. The second-order valence-corrected chi connectivity index (χ2v) is 6.65. The third-order valence-electron chi connectivity index (χ3n) is 4.80. The van der Waals surface area contributed by atoms with Crippen LogP contribution in [0.5, 0.6) is 5.75 Å². The molecule has 0 heterocycles. The molecule has 0 aliphatic heterocycles. The summed E-state index contributed by atoms with van der Waals surface area (Å²) in [4.78, 5) is 0. The third-order valence-corrected chi connectivity index (χ3v) is 5.03. The molecule has 19 heavy (non-hydrogen) atoms. The normalized spacial score (nSPS) is 30.6. The molecule has 104 valence electrons. The Morgan fingerprint density at radius 1 is 1.37 bits per heavy atom. The Hall–Kier alpha value is -0.730. The molecule has 0 radical (unpaired) electrons. The van der Waals surface area contributed by atoms with E-state index in [0.29, 0.717) is 0 Å². The van der Waals surface area contributed by atoms with Crippen LogP contribution in [0.4, 0.5) is 0 Å². The maximum atomic E-state index is 6.05. The summed E-state index contributed by atoms with van der Waals surface area (Å²) in [5, 5.41) is 0.722. The lowest BCUT2D eigenvalue weighted by atomic mass is 9.89. The van der Waals surface area contributed by atoms with Crippen molar-refractivity contribution in [1.82, 2.24) is 0 Å². The van der Waals surface area contributed by atoms with Crippen molar-refractivity contribution in [3.8, 4) is 5.75 Å². The number of hydrogen-bond acceptors (Lipinski definition) is 2. The Bertz CT molecular complexity index is 460. The van der Waals surface area contributed by atoms with Gasteiger partial charge in [-0.1, -0.05) is 18.0 Å². The number of ether oxygens (including phenoxy) is 1. The van der Waals surface area contributed by atoms with Crippen molar-refractivity contribution in [2.45, 2.75) is 38.6 Å². The molecule has 3 unspecified atom stereocenters. The van der Waals surface area contributed by atoms with Crippen molar-refractivity contribution in [2.24, 2.45) is 23.5 Å². The second-order valence-electron chi connectivity index (χ2n) is 6.22. The van der Waals surface area contributed by atoms with Crippen LogP contribution in [0.15, 0.2) is 18.2 Å². The van der Waals surface area contributed by atoms with Crippen LogP contribution >= 0.6 is 11.6 Å². The topological polar surface area (TPSA) is 35.2 Å². The Labute approximate surface area is 120 Å². The highest BCUT2D eigenvalue weighted by atomic mass is 35.5. The predicted molar refractivity (Wildman–Crippen MR) is 78.5 cm³/mol. The van der Waals surface area contributed by atoms with E-state index in [9.17, 15) is 0 Å². The van der Waals surface area contributed by atoms with Gasteiger partial charge in [0.15, 0.2) is 0 Å². The zero-order valence-electron chi connectivity index (χ0n) is 11.4. The molecule has 4 atom stereocenters. The van der Waals surface area contributed by atoms with Crippen LogP contribution in [-0.4, -0.2) is 6.61 Å². The van der Waals surface area contributed by atoms with Gasteiger partial charge in [-0.15, -0.1) is 0 Å². The molecule has 2 N–H and O–H groups in total. The molecule has 2 nitrogen and oxygen atoms in total. The van der Waals surface area contributed by atoms with Crippen LogP contribution in [0, 0.1) is 17.8 Å². The van der Waals surface area contributed by atoms with E-state index in [1.54, 1.807) is 0 Å². The molecule has 1 aromatic rings. The summed E-state index contributed by atoms with van der Waals surface area (Å²) in [6.07, 6.45) is 5.62. The van der Waals surface area contributed by atoms with Crippen molar-refractivity contribution in [1.29, 1.82) is 0 Å². The van der Waals surface area contributed by atoms with Gasteiger partial charge in [0.2, 0.25) is 0 Å². The van der Waals surface area contributed by atoms with Gasteiger partial charge < -0.3 is 10.5 Å². The van der Waals surface area contributed by atoms with Crippen molar-refractivity contribution in [3.05, 3.63) is 28.8 Å². The first-order chi connectivity index (χ1) is 9.13. The Kier molecular flexibility index (Phi) is 3.72. The van der Waals surface area contributed by atoms with Crippen LogP contribution in [0.3, 0.4) is 0 Å². The van der Waals surface area contributed by atoms with E-state index in [-0.39, 0.29) is 6.04 Å². The number of hydrogen-bond donors (Lipinski definition) is 1. The van der Waals surface area contributed by atoms with Gasteiger partial charge in [-0.25, -0.2) is 0 Å². The minimum atomic E-state index is -0.0475. The first-order valence-electron chi connectivity index (χ1n) is 7.31. The third kappa shape index (κ3) is 2.75. The van der Waals surface area contributed by atoms with E-state index >= 15 is 0 Å². The van der Waals surface area contributed by atoms with Gasteiger partial charge in [-0.05, 0) is 62.1 Å². The second kappa shape index (κ2) is 5.34. The van der Waals surface area contributed by atoms with Crippen LogP contribution in [0.1, 0.15) is 44.2 Å². The van der Waals surface area contributed by atoms with Crippen molar-refractivity contribution in [3.63, 3.8) is 0 Å². The number of rotatable bonds is 4. The van der Waals surface area contributed by atoms with Crippen molar-refractivity contribution < 1.29 is 4.74 Å². The van der Waals surface area contributed by atoms with E-state index < -0.39 is 0 Å². The predicted octanol–water partition coefficient (Wildman–Crippen LogP) is 4.17. The first-order valence-corrected chi connectivity index (χ1v) is 7.69. The molecule has 2 aliphatic rings. The molecule has 2 bridgehead atoms. The van der Waals surface area contributed by atoms with Crippen LogP contribution in [0.2, 0.25) is 5.02 Å². The number of halogens is 1. The molecule has 3 heteroatoms. The van der Waals surface area contributed by atoms with Gasteiger partial charge in [0.25, 0.3) is 0 Å². The summed E-state index contributed by atoms with van der Waals surface area (Å²) in [6, 6.07) is 5.70. The molecular weight excluding hydrogens is 258 g/mol. The average molecular weight is 280 g/mol. The summed E-state index contributed by atoms with van der Waals surface area (Å²) < 4.78 is 6.05. The number of benzene rings is 1. The zero-order valence-corrected chi connectivity index (χ0v) is 12.2. The summed E-state index contributed by atoms with van der Waals surface area (Å²) in [7, 11) is 0. The lowest BCUT2D eigenvalue weighted by molar-refractivity contribution is 0.193. The van der Waals surface area contributed by atoms with Crippen molar-refractivity contribution in [2.75, 3.05) is 6.61 Å². The molecule has 0 spiro atoms. The van der Waals surface area contributed by atoms with Gasteiger partial charge in [0.1, 0.15) is 5.75 Å². The fraction of sp³-hybridized carbons (Fsp3) is 0.625. The summed E-state index contributed by atoms with van der Waals surface area (Å²) in [5.41, 5.74) is 7.00. The largest absolute Gasteiger partial charge is 0.493 e.